The molecule has 1 fully saturated rings. The first-order valence-electron chi connectivity index (χ1n) is 4.89. The molecular formula is C11H18O. The van der Waals surface area contributed by atoms with Crippen molar-refractivity contribution in [3.63, 3.8) is 0 Å². The first-order chi connectivity index (χ1) is 5.77. The van der Waals surface area contributed by atoms with Crippen LogP contribution >= 0.6 is 0 Å². The summed E-state index contributed by atoms with van der Waals surface area (Å²) in [6, 6.07) is 0. The summed E-state index contributed by atoms with van der Waals surface area (Å²) < 4.78 is 0. The van der Waals surface area contributed by atoms with Crippen LogP contribution in [-0.4, -0.2) is 11.2 Å². The zero-order valence-electron chi connectivity index (χ0n) is 7.79. The Bertz CT molecular complexity index is 168. The van der Waals surface area contributed by atoms with Crippen molar-refractivity contribution in [3.8, 4) is 12.3 Å². The average molecular weight is 166 g/mol. The Morgan fingerprint density at radius 3 is 2.83 bits per heavy atom. The maximum absolute atomic E-state index is 9.62. The van der Waals surface area contributed by atoms with Crippen LogP contribution in [0.2, 0.25) is 0 Å². The lowest BCUT2D eigenvalue weighted by atomic mass is 9.96. The predicted molar refractivity (Wildman–Crippen MR) is 50.6 cm³/mol. The molecular weight excluding hydrogens is 148 g/mol. The van der Waals surface area contributed by atoms with Crippen LogP contribution in [0.3, 0.4) is 0 Å². The standard InChI is InChI=1S/C11H18O/c1-3-5-11(12)10-7-6-9(4-2)8-10/h1,9-12H,4-8H2,2H3. The van der Waals surface area contributed by atoms with Gasteiger partial charge in [0.25, 0.3) is 0 Å². The van der Waals surface area contributed by atoms with E-state index in [1.165, 1.54) is 25.7 Å². The summed E-state index contributed by atoms with van der Waals surface area (Å²) >= 11 is 0. The SMILES string of the molecule is C#CCC(O)C1CCC(CC)C1. The third kappa shape index (κ3) is 2.25. The van der Waals surface area contributed by atoms with Gasteiger partial charge in [-0.15, -0.1) is 12.3 Å². The van der Waals surface area contributed by atoms with E-state index in [0.717, 1.165) is 5.92 Å². The lowest BCUT2D eigenvalue weighted by Crippen LogP contribution is -2.17. The molecule has 12 heavy (non-hydrogen) atoms. The van der Waals surface area contributed by atoms with Crippen LogP contribution < -0.4 is 0 Å². The average Bonchev–Trinajstić information content (AvgIpc) is 2.52. The van der Waals surface area contributed by atoms with Crippen molar-refractivity contribution in [2.45, 2.75) is 45.1 Å². The van der Waals surface area contributed by atoms with Crippen LogP contribution in [0.1, 0.15) is 39.0 Å². The lowest BCUT2D eigenvalue weighted by Gasteiger charge is -2.15. The van der Waals surface area contributed by atoms with Gasteiger partial charge in [-0.2, -0.15) is 0 Å². The van der Waals surface area contributed by atoms with E-state index in [0.29, 0.717) is 12.3 Å². The molecule has 0 bridgehead atoms. The molecule has 1 saturated carbocycles. The molecule has 0 aromatic rings. The fraction of sp³-hybridized carbons (Fsp3) is 0.818. The predicted octanol–water partition coefficient (Wildman–Crippen LogP) is 2.20. The van der Waals surface area contributed by atoms with Crippen LogP contribution in [0.5, 0.6) is 0 Å². The van der Waals surface area contributed by atoms with Gasteiger partial charge in [0.1, 0.15) is 0 Å². The van der Waals surface area contributed by atoms with Gasteiger partial charge in [-0.05, 0) is 24.7 Å². The van der Waals surface area contributed by atoms with Crippen LogP contribution in [0.4, 0.5) is 0 Å². The Balaban J connectivity index is 2.31. The Morgan fingerprint density at radius 1 is 1.58 bits per heavy atom. The number of aliphatic hydroxyl groups is 1. The number of terminal acetylenes is 1. The molecule has 1 N–H and O–H groups in total. The summed E-state index contributed by atoms with van der Waals surface area (Å²) in [4.78, 5) is 0. The van der Waals surface area contributed by atoms with Gasteiger partial charge < -0.3 is 5.11 Å². The fourth-order valence-corrected chi connectivity index (χ4v) is 2.12. The first-order valence-corrected chi connectivity index (χ1v) is 4.89. The van der Waals surface area contributed by atoms with Crippen molar-refractivity contribution >= 4 is 0 Å². The second-order valence-corrected chi connectivity index (χ2v) is 3.82. The minimum Gasteiger partial charge on any atom is -0.392 e. The van der Waals surface area contributed by atoms with Crippen LogP contribution in [0.25, 0.3) is 0 Å². The molecule has 0 radical (unpaired) electrons. The molecule has 0 amide bonds. The maximum atomic E-state index is 9.62. The number of hydrogen-bond donors (Lipinski definition) is 1. The summed E-state index contributed by atoms with van der Waals surface area (Å²) in [5, 5.41) is 9.62. The van der Waals surface area contributed by atoms with Gasteiger partial charge in [-0.1, -0.05) is 19.8 Å². The highest BCUT2D eigenvalue weighted by molar-refractivity contribution is 4.91. The second kappa shape index (κ2) is 4.52. The topological polar surface area (TPSA) is 20.2 Å². The molecule has 1 nitrogen and oxygen atoms in total. The monoisotopic (exact) mass is 166 g/mol. The smallest absolute Gasteiger partial charge is 0.0677 e. The largest absolute Gasteiger partial charge is 0.392 e. The molecule has 1 rings (SSSR count). The van der Waals surface area contributed by atoms with E-state index >= 15 is 0 Å². The van der Waals surface area contributed by atoms with Crippen LogP contribution in [-0.2, 0) is 0 Å². The lowest BCUT2D eigenvalue weighted by molar-refractivity contribution is 0.113. The summed E-state index contributed by atoms with van der Waals surface area (Å²) in [5.74, 6) is 3.84. The van der Waals surface area contributed by atoms with E-state index in [9.17, 15) is 5.11 Å². The van der Waals surface area contributed by atoms with Crippen molar-refractivity contribution < 1.29 is 5.11 Å². The summed E-state index contributed by atoms with van der Waals surface area (Å²) in [6.07, 6.45) is 10.3. The van der Waals surface area contributed by atoms with Gasteiger partial charge in [0.15, 0.2) is 0 Å². The van der Waals surface area contributed by atoms with E-state index < -0.39 is 0 Å². The number of rotatable bonds is 3. The molecule has 0 aromatic heterocycles. The van der Waals surface area contributed by atoms with E-state index in [4.69, 9.17) is 6.42 Å². The molecule has 68 valence electrons. The fourth-order valence-electron chi connectivity index (χ4n) is 2.12. The van der Waals surface area contributed by atoms with Gasteiger partial charge >= 0.3 is 0 Å². The molecule has 0 heterocycles. The molecule has 0 spiro atoms. The molecule has 1 aliphatic carbocycles. The van der Waals surface area contributed by atoms with Crippen LogP contribution in [0, 0.1) is 24.2 Å². The zero-order chi connectivity index (χ0) is 8.97. The summed E-state index contributed by atoms with van der Waals surface area (Å²) in [6.45, 7) is 2.22. The summed E-state index contributed by atoms with van der Waals surface area (Å²) in [5.41, 5.74) is 0. The minimum absolute atomic E-state index is 0.244. The summed E-state index contributed by atoms with van der Waals surface area (Å²) in [7, 11) is 0. The van der Waals surface area contributed by atoms with Gasteiger partial charge in [0.2, 0.25) is 0 Å². The quantitative estimate of drug-likeness (QED) is 0.637. The third-order valence-corrected chi connectivity index (χ3v) is 3.03. The zero-order valence-corrected chi connectivity index (χ0v) is 7.79. The molecule has 3 unspecified atom stereocenters. The maximum Gasteiger partial charge on any atom is 0.0677 e. The molecule has 0 saturated heterocycles. The highest BCUT2D eigenvalue weighted by Gasteiger charge is 2.28. The molecule has 0 aromatic carbocycles. The van der Waals surface area contributed by atoms with Crippen molar-refractivity contribution in [1.29, 1.82) is 0 Å². The molecule has 1 heteroatoms. The van der Waals surface area contributed by atoms with Crippen molar-refractivity contribution in [2.75, 3.05) is 0 Å². The van der Waals surface area contributed by atoms with Crippen LogP contribution in [0.15, 0.2) is 0 Å². The van der Waals surface area contributed by atoms with Gasteiger partial charge in [-0.25, -0.2) is 0 Å². The third-order valence-electron chi connectivity index (χ3n) is 3.03. The van der Waals surface area contributed by atoms with Crippen molar-refractivity contribution in [2.24, 2.45) is 11.8 Å². The molecule has 1 aliphatic rings. The Labute approximate surface area is 75.2 Å². The van der Waals surface area contributed by atoms with Gasteiger partial charge in [0, 0.05) is 6.42 Å². The Hall–Kier alpha value is -0.480. The number of hydrogen-bond acceptors (Lipinski definition) is 1. The first kappa shape index (κ1) is 9.61. The van der Waals surface area contributed by atoms with E-state index in [2.05, 4.69) is 12.8 Å². The Morgan fingerprint density at radius 2 is 2.33 bits per heavy atom. The van der Waals surface area contributed by atoms with E-state index in [1.807, 2.05) is 0 Å². The molecule has 3 atom stereocenters. The highest BCUT2D eigenvalue weighted by atomic mass is 16.3. The van der Waals surface area contributed by atoms with Gasteiger partial charge in [-0.3, -0.25) is 0 Å². The number of aliphatic hydroxyl groups excluding tert-OH is 1. The Kier molecular flexibility index (Phi) is 3.62. The van der Waals surface area contributed by atoms with Crippen molar-refractivity contribution in [3.05, 3.63) is 0 Å². The second-order valence-electron chi connectivity index (χ2n) is 3.82. The molecule has 0 aliphatic heterocycles. The normalized spacial score (nSPS) is 31.4. The highest BCUT2D eigenvalue weighted by Crippen LogP contribution is 2.35. The van der Waals surface area contributed by atoms with Gasteiger partial charge in [0.05, 0.1) is 6.10 Å². The van der Waals surface area contributed by atoms with E-state index in [-0.39, 0.29) is 6.10 Å². The minimum atomic E-state index is -0.244. The van der Waals surface area contributed by atoms with E-state index in [1.54, 1.807) is 0 Å². The van der Waals surface area contributed by atoms with Crippen molar-refractivity contribution in [1.82, 2.24) is 0 Å².